The zero-order valence-electron chi connectivity index (χ0n) is 27.1. The van der Waals surface area contributed by atoms with Gasteiger partial charge in [0.25, 0.3) is 0 Å². The third kappa shape index (κ3) is 9.00. The highest BCUT2D eigenvalue weighted by Gasteiger charge is 2.52. The maximum Gasteiger partial charge on any atom is 0.303 e. The fraction of sp³-hybridized carbons (Fsp3) is 0.600. The van der Waals surface area contributed by atoms with E-state index in [4.69, 9.17) is 28.4 Å². The van der Waals surface area contributed by atoms with Crippen molar-refractivity contribution in [3.8, 4) is 11.3 Å². The summed E-state index contributed by atoms with van der Waals surface area (Å²) < 4.78 is 50.1. The van der Waals surface area contributed by atoms with Crippen LogP contribution in [0.4, 0.5) is 4.39 Å². The Morgan fingerprint density at radius 1 is 0.938 bits per heavy atom. The first-order chi connectivity index (χ1) is 22.8. The van der Waals surface area contributed by atoms with Crippen LogP contribution in [0, 0.1) is 17.7 Å². The van der Waals surface area contributed by atoms with Crippen LogP contribution in [-0.2, 0) is 47.6 Å². The third-order valence-corrected chi connectivity index (χ3v) is 9.37. The Balaban J connectivity index is 1.73. The van der Waals surface area contributed by atoms with E-state index < -0.39 is 88.9 Å². The van der Waals surface area contributed by atoms with E-state index in [0.717, 1.165) is 11.8 Å². The van der Waals surface area contributed by atoms with Crippen LogP contribution < -0.4 is 0 Å². The Morgan fingerprint density at radius 2 is 1.56 bits per heavy atom. The second-order valence-corrected chi connectivity index (χ2v) is 12.7. The van der Waals surface area contributed by atoms with Crippen molar-refractivity contribution in [2.45, 2.75) is 88.9 Å². The van der Waals surface area contributed by atoms with Gasteiger partial charge in [-0.1, -0.05) is 48.1 Å². The minimum absolute atomic E-state index is 0.145. The number of hydrogen-bond acceptors (Lipinski definition) is 14. The van der Waals surface area contributed by atoms with Crippen molar-refractivity contribution in [2.24, 2.45) is 17.0 Å². The molecule has 2 aromatic rings. The van der Waals surface area contributed by atoms with Gasteiger partial charge in [0.15, 0.2) is 6.10 Å². The second-order valence-electron chi connectivity index (χ2n) is 11.5. The van der Waals surface area contributed by atoms with Crippen LogP contribution in [0.2, 0.25) is 0 Å². The van der Waals surface area contributed by atoms with E-state index in [0.29, 0.717) is 11.3 Å². The van der Waals surface area contributed by atoms with Gasteiger partial charge in [0, 0.05) is 50.0 Å². The van der Waals surface area contributed by atoms with Gasteiger partial charge in [-0.3, -0.25) is 19.2 Å². The zero-order valence-corrected chi connectivity index (χ0v) is 27.9. The topological polar surface area (TPSA) is 203 Å². The molecule has 0 saturated carbocycles. The average molecular weight is 693 g/mol. The van der Waals surface area contributed by atoms with Gasteiger partial charge >= 0.3 is 23.9 Å². The van der Waals surface area contributed by atoms with Crippen LogP contribution in [0.5, 0.6) is 0 Å². The minimum Gasteiger partial charge on any atom is -0.463 e. The lowest BCUT2D eigenvalue weighted by Gasteiger charge is -2.48. The van der Waals surface area contributed by atoms with Crippen molar-refractivity contribution < 1.29 is 52.0 Å². The smallest absolute Gasteiger partial charge is 0.303 e. The first-order valence-electron chi connectivity index (χ1n) is 15.1. The predicted molar refractivity (Wildman–Crippen MR) is 165 cm³/mol. The number of halogens is 1. The molecular formula is C30H37FN6O10S. The molecule has 0 spiro atoms. The molecule has 2 aliphatic rings. The van der Waals surface area contributed by atoms with Gasteiger partial charge in [-0.05, 0) is 17.7 Å². The molecule has 2 saturated heterocycles. The Bertz CT molecular complexity index is 1540. The van der Waals surface area contributed by atoms with Gasteiger partial charge in [-0.2, -0.15) is 0 Å². The number of esters is 4. The highest BCUT2D eigenvalue weighted by atomic mass is 32.2. The summed E-state index contributed by atoms with van der Waals surface area (Å²) in [6.45, 7) is 7.97. The molecule has 0 aliphatic carbocycles. The number of rotatable bonds is 11. The number of nitrogens with zero attached hydrogens (tertiary/aromatic N) is 6. The van der Waals surface area contributed by atoms with Crippen molar-refractivity contribution in [2.75, 3.05) is 13.2 Å². The molecule has 1 aromatic heterocycles. The normalized spacial score (nSPS) is 30.0. The predicted octanol–water partition coefficient (Wildman–Crippen LogP) is 3.75. The molecule has 3 heterocycles. The molecular weight excluding hydrogens is 655 g/mol. The molecule has 1 aromatic carbocycles. The number of ether oxygens (including phenoxy) is 6. The van der Waals surface area contributed by atoms with E-state index in [1.807, 2.05) is 6.92 Å². The van der Waals surface area contributed by atoms with E-state index >= 15 is 0 Å². The molecule has 10 atom stereocenters. The molecule has 5 unspecified atom stereocenters. The quantitative estimate of drug-likeness (QED) is 0.108. The van der Waals surface area contributed by atoms with Gasteiger partial charge < -0.3 is 28.4 Å². The summed E-state index contributed by atoms with van der Waals surface area (Å²) in [4.78, 5) is 50.9. The standard InChI is InChI=1S/C30H37FN6O10S/c1-14-23(12-42-16(3)38)46-30(28(45-19(6)41)26(14)37-11-22(33-36-37)20-8-7-9-21(31)10-20)48-29-15(2)25(34-35-32)27(44-18(5)40)24(47-29)13-43-17(4)39/h7-11,14-15,23-30H,12-13H2,1-6H3/t14-,15+,23?,24+,25?,26-,27?,28?,29?,30-/m0/s1. The Kier molecular flexibility index (Phi) is 12.4. The zero-order chi connectivity index (χ0) is 35.1. The summed E-state index contributed by atoms with van der Waals surface area (Å²) in [5.74, 6) is -3.96. The van der Waals surface area contributed by atoms with Crippen LogP contribution >= 0.6 is 11.8 Å². The van der Waals surface area contributed by atoms with Crippen LogP contribution in [0.3, 0.4) is 0 Å². The molecule has 16 nitrogen and oxygen atoms in total. The number of azide groups is 1. The highest BCUT2D eigenvalue weighted by molar-refractivity contribution is 8.00. The lowest BCUT2D eigenvalue weighted by molar-refractivity contribution is -0.188. The monoisotopic (exact) mass is 692 g/mol. The lowest BCUT2D eigenvalue weighted by Crippen LogP contribution is -2.57. The SMILES string of the molecule is CC(=O)OCC1O[C@@H](SC2O[C@H](COC(C)=O)C(OC(C)=O)C(N=[N+]=[N-])[C@H]2C)C(OC(C)=O)[C@@H](n2cc(-c3cccc(F)c3)nn2)[C@H]1C. The highest BCUT2D eigenvalue weighted by Crippen LogP contribution is 2.45. The number of benzene rings is 1. The molecule has 4 rings (SSSR count). The van der Waals surface area contributed by atoms with E-state index in [-0.39, 0.29) is 13.2 Å². The van der Waals surface area contributed by atoms with Gasteiger partial charge in [0.1, 0.15) is 47.8 Å². The summed E-state index contributed by atoms with van der Waals surface area (Å²) in [5, 5.41) is 12.4. The molecule has 2 aliphatic heterocycles. The fourth-order valence-corrected chi connectivity index (χ4v) is 7.17. The minimum atomic E-state index is -1.08. The molecule has 0 radical (unpaired) electrons. The maximum absolute atomic E-state index is 14.0. The van der Waals surface area contributed by atoms with Crippen LogP contribution in [-0.4, -0.2) is 93.4 Å². The largest absolute Gasteiger partial charge is 0.463 e. The van der Waals surface area contributed by atoms with Crippen molar-refractivity contribution >= 4 is 35.6 Å². The van der Waals surface area contributed by atoms with Gasteiger partial charge in [-0.15, -0.1) is 5.10 Å². The second kappa shape index (κ2) is 16.2. The first-order valence-corrected chi connectivity index (χ1v) is 16.0. The fourth-order valence-electron chi connectivity index (χ4n) is 5.71. The molecule has 260 valence electrons. The van der Waals surface area contributed by atoms with Gasteiger partial charge in [0.05, 0.1) is 24.4 Å². The van der Waals surface area contributed by atoms with E-state index in [9.17, 15) is 29.1 Å². The van der Waals surface area contributed by atoms with Crippen molar-refractivity contribution in [1.29, 1.82) is 0 Å². The van der Waals surface area contributed by atoms with E-state index in [1.54, 1.807) is 25.3 Å². The van der Waals surface area contributed by atoms with Crippen LogP contribution in [0.15, 0.2) is 35.6 Å². The molecule has 0 amide bonds. The summed E-state index contributed by atoms with van der Waals surface area (Å²) in [6.07, 6.45) is -2.28. The summed E-state index contributed by atoms with van der Waals surface area (Å²) >= 11 is 1.09. The van der Waals surface area contributed by atoms with Crippen LogP contribution in [0.25, 0.3) is 21.7 Å². The van der Waals surface area contributed by atoms with Gasteiger partial charge in [0.2, 0.25) is 0 Å². The van der Waals surface area contributed by atoms with E-state index in [1.165, 1.54) is 44.5 Å². The third-order valence-electron chi connectivity index (χ3n) is 7.91. The first kappa shape index (κ1) is 36.6. The van der Waals surface area contributed by atoms with E-state index in [2.05, 4.69) is 20.3 Å². The summed E-state index contributed by atoms with van der Waals surface area (Å²) in [7, 11) is 0. The average Bonchev–Trinajstić information content (AvgIpc) is 3.49. The number of carbonyl (C=O) groups excluding carboxylic acids is 4. The lowest BCUT2D eigenvalue weighted by atomic mass is 9.89. The number of aromatic nitrogens is 3. The Labute approximate surface area is 279 Å². The van der Waals surface area contributed by atoms with Crippen molar-refractivity contribution in [1.82, 2.24) is 15.0 Å². The van der Waals surface area contributed by atoms with Crippen molar-refractivity contribution in [3.63, 3.8) is 0 Å². The summed E-state index contributed by atoms with van der Waals surface area (Å²) in [5.41, 5.74) is 8.39. The summed E-state index contributed by atoms with van der Waals surface area (Å²) in [6, 6.07) is 4.15. The van der Waals surface area contributed by atoms with Crippen molar-refractivity contribution in [3.05, 3.63) is 46.7 Å². The number of thioether (sulfide) groups is 1. The van der Waals surface area contributed by atoms with Gasteiger partial charge in [-0.25, -0.2) is 9.07 Å². The number of carbonyl (C=O) groups is 4. The van der Waals surface area contributed by atoms with Crippen LogP contribution in [0.1, 0.15) is 47.6 Å². The Hall–Kier alpha value is -4.25. The molecule has 2 fully saturated rings. The Morgan fingerprint density at radius 3 is 2.17 bits per heavy atom. The molecule has 48 heavy (non-hydrogen) atoms. The maximum atomic E-state index is 14.0. The molecule has 0 N–H and O–H groups in total. The molecule has 18 heteroatoms. The molecule has 0 bridgehead atoms. The number of hydrogen-bond donors (Lipinski definition) is 0.